The quantitative estimate of drug-likeness (QED) is 0.787. The molecule has 0 aliphatic rings. The van der Waals surface area contributed by atoms with Crippen molar-refractivity contribution >= 4 is 32.6 Å². The lowest BCUT2D eigenvalue weighted by atomic mass is 10.2. The van der Waals surface area contributed by atoms with Crippen molar-refractivity contribution in [1.82, 2.24) is 4.98 Å². The van der Waals surface area contributed by atoms with Gasteiger partial charge < -0.3 is 13.9 Å². The Kier molecular flexibility index (Phi) is 3.96. The van der Waals surface area contributed by atoms with E-state index in [1.807, 2.05) is 6.07 Å². The molecule has 0 bridgehead atoms. The van der Waals surface area contributed by atoms with Crippen molar-refractivity contribution in [2.75, 3.05) is 19.5 Å². The molecule has 0 spiro atoms. The molecule has 0 unspecified atom stereocenters. The van der Waals surface area contributed by atoms with E-state index >= 15 is 0 Å². The van der Waals surface area contributed by atoms with E-state index in [1.165, 1.54) is 11.3 Å². The van der Waals surface area contributed by atoms with Gasteiger partial charge in [-0.2, -0.15) is 0 Å². The fraction of sp³-hybridized carbons (Fsp3) is 0.250. The van der Waals surface area contributed by atoms with Crippen molar-refractivity contribution in [3.8, 4) is 11.5 Å². The third kappa shape index (κ3) is 2.75. The predicted octanol–water partition coefficient (Wildman–Crippen LogP) is 3.78. The van der Waals surface area contributed by atoms with Crippen LogP contribution >= 0.6 is 11.3 Å². The Morgan fingerprint density at radius 1 is 1.22 bits per heavy atom. The van der Waals surface area contributed by atoms with Crippen LogP contribution in [-0.4, -0.2) is 25.1 Å². The van der Waals surface area contributed by atoms with E-state index in [0.29, 0.717) is 39.2 Å². The molecule has 120 valence electrons. The zero-order chi connectivity index (χ0) is 16.6. The van der Waals surface area contributed by atoms with Gasteiger partial charge in [0.1, 0.15) is 33.2 Å². The lowest BCUT2D eigenvalue weighted by molar-refractivity contribution is 0.102. The summed E-state index contributed by atoms with van der Waals surface area (Å²) in [6.07, 6.45) is 0. The van der Waals surface area contributed by atoms with Crippen LogP contribution in [0, 0.1) is 13.8 Å². The van der Waals surface area contributed by atoms with Crippen LogP contribution in [-0.2, 0) is 0 Å². The Bertz CT molecular complexity index is 841. The van der Waals surface area contributed by atoms with Crippen LogP contribution in [0.4, 0.5) is 5.13 Å². The number of anilines is 1. The van der Waals surface area contributed by atoms with Crippen molar-refractivity contribution in [1.29, 1.82) is 0 Å². The van der Waals surface area contributed by atoms with Crippen LogP contribution in [0.5, 0.6) is 11.5 Å². The summed E-state index contributed by atoms with van der Waals surface area (Å²) in [7, 11) is 3.17. The Morgan fingerprint density at radius 3 is 2.52 bits per heavy atom. The molecule has 0 radical (unpaired) electrons. The number of carbonyl (C=O) groups excluding carboxylic acids is 1. The van der Waals surface area contributed by atoms with Gasteiger partial charge in [0.2, 0.25) is 0 Å². The van der Waals surface area contributed by atoms with E-state index in [9.17, 15) is 4.79 Å². The molecule has 23 heavy (non-hydrogen) atoms. The molecule has 2 heterocycles. The van der Waals surface area contributed by atoms with Crippen LogP contribution < -0.4 is 14.8 Å². The molecule has 3 aromatic rings. The van der Waals surface area contributed by atoms with Gasteiger partial charge in [-0.25, -0.2) is 4.98 Å². The molecule has 7 heteroatoms. The minimum absolute atomic E-state index is 0.253. The molecule has 0 aliphatic heterocycles. The highest BCUT2D eigenvalue weighted by Gasteiger charge is 2.18. The number of nitrogens with zero attached hydrogens (tertiary/aromatic N) is 1. The van der Waals surface area contributed by atoms with E-state index in [1.54, 1.807) is 40.2 Å². The zero-order valence-electron chi connectivity index (χ0n) is 13.2. The third-order valence-corrected chi connectivity index (χ3v) is 4.40. The SMILES string of the molecule is COc1ccc(OC)c2sc(NC(=O)c3cc(C)oc3C)nc12. The number of aromatic nitrogens is 1. The number of hydrogen-bond donors (Lipinski definition) is 1. The first-order valence-electron chi connectivity index (χ1n) is 6.93. The largest absolute Gasteiger partial charge is 0.495 e. The minimum Gasteiger partial charge on any atom is -0.495 e. The first-order valence-corrected chi connectivity index (χ1v) is 7.75. The van der Waals surface area contributed by atoms with Crippen molar-refractivity contribution in [3.05, 3.63) is 35.3 Å². The Labute approximate surface area is 137 Å². The summed E-state index contributed by atoms with van der Waals surface area (Å²) in [6.45, 7) is 3.56. The number of rotatable bonds is 4. The number of methoxy groups -OCH3 is 2. The fourth-order valence-corrected chi connectivity index (χ4v) is 3.33. The van der Waals surface area contributed by atoms with E-state index in [4.69, 9.17) is 13.9 Å². The lowest BCUT2D eigenvalue weighted by Crippen LogP contribution is -2.11. The molecule has 0 fully saturated rings. The van der Waals surface area contributed by atoms with Gasteiger partial charge in [-0.1, -0.05) is 11.3 Å². The van der Waals surface area contributed by atoms with Gasteiger partial charge >= 0.3 is 0 Å². The maximum atomic E-state index is 12.4. The van der Waals surface area contributed by atoms with Gasteiger partial charge in [0, 0.05) is 0 Å². The maximum Gasteiger partial charge on any atom is 0.260 e. The van der Waals surface area contributed by atoms with Crippen LogP contribution in [0.25, 0.3) is 10.2 Å². The second-order valence-electron chi connectivity index (χ2n) is 4.95. The molecule has 1 N–H and O–H groups in total. The molecule has 3 rings (SSSR count). The third-order valence-electron chi connectivity index (χ3n) is 3.42. The topological polar surface area (TPSA) is 73.6 Å². The molecule has 0 atom stereocenters. The number of thiazole rings is 1. The highest BCUT2D eigenvalue weighted by atomic mass is 32.1. The average Bonchev–Trinajstić information content (AvgIpc) is 3.08. The Balaban J connectivity index is 1.97. The van der Waals surface area contributed by atoms with Crippen molar-refractivity contribution in [3.63, 3.8) is 0 Å². The molecule has 0 saturated heterocycles. The van der Waals surface area contributed by atoms with E-state index in [-0.39, 0.29) is 5.91 Å². The molecule has 0 aliphatic carbocycles. The Hall–Kier alpha value is -2.54. The smallest absolute Gasteiger partial charge is 0.260 e. The summed E-state index contributed by atoms with van der Waals surface area (Å²) >= 11 is 1.34. The number of fused-ring (bicyclic) bond motifs is 1. The summed E-state index contributed by atoms with van der Waals surface area (Å²) < 4.78 is 16.9. The second-order valence-corrected chi connectivity index (χ2v) is 5.95. The average molecular weight is 332 g/mol. The monoisotopic (exact) mass is 332 g/mol. The second kappa shape index (κ2) is 5.92. The van der Waals surface area contributed by atoms with Gasteiger partial charge in [-0.15, -0.1) is 0 Å². The first-order chi connectivity index (χ1) is 11.0. The van der Waals surface area contributed by atoms with Gasteiger partial charge in [0.15, 0.2) is 5.13 Å². The predicted molar refractivity (Wildman–Crippen MR) is 88.9 cm³/mol. The molecule has 2 aromatic heterocycles. The molecule has 1 amide bonds. The van der Waals surface area contributed by atoms with Gasteiger partial charge in [-0.05, 0) is 32.0 Å². The molecular formula is C16H16N2O4S. The van der Waals surface area contributed by atoms with E-state index in [0.717, 1.165) is 4.70 Å². The standard InChI is InChI=1S/C16H16N2O4S/c1-8-7-10(9(2)22-8)15(19)18-16-17-13-11(20-3)5-6-12(21-4)14(13)23-16/h5-7H,1-4H3,(H,17,18,19). The number of aryl methyl sites for hydroxylation is 2. The number of carbonyl (C=O) groups is 1. The van der Waals surface area contributed by atoms with Gasteiger partial charge in [0.25, 0.3) is 5.91 Å². The number of hydrogen-bond acceptors (Lipinski definition) is 6. The highest BCUT2D eigenvalue weighted by molar-refractivity contribution is 7.22. The van der Waals surface area contributed by atoms with E-state index < -0.39 is 0 Å². The maximum absolute atomic E-state index is 12.4. The van der Waals surface area contributed by atoms with Crippen LogP contribution in [0.2, 0.25) is 0 Å². The summed E-state index contributed by atoms with van der Waals surface area (Å²) in [5, 5.41) is 3.28. The number of amides is 1. The number of nitrogens with one attached hydrogen (secondary N) is 1. The van der Waals surface area contributed by atoms with Gasteiger partial charge in [-0.3, -0.25) is 10.1 Å². The first kappa shape index (κ1) is 15.4. The molecule has 1 aromatic carbocycles. The van der Waals surface area contributed by atoms with Gasteiger partial charge in [0.05, 0.1) is 19.8 Å². The highest BCUT2D eigenvalue weighted by Crippen LogP contribution is 2.38. The van der Waals surface area contributed by atoms with Crippen LogP contribution in [0.1, 0.15) is 21.9 Å². The van der Waals surface area contributed by atoms with Crippen molar-refractivity contribution < 1.29 is 18.7 Å². The Morgan fingerprint density at radius 2 is 1.91 bits per heavy atom. The van der Waals surface area contributed by atoms with Crippen LogP contribution in [0.15, 0.2) is 22.6 Å². The number of ether oxygens (including phenoxy) is 2. The number of furan rings is 1. The fourth-order valence-electron chi connectivity index (χ4n) is 2.36. The van der Waals surface area contributed by atoms with E-state index in [2.05, 4.69) is 10.3 Å². The zero-order valence-corrected chi connectivity index (χ0v) is 14.0. The van der Waals surface area contributed by atoms with Crippen molar-refractivity contribution in [2.24, 2.45) is 0 Å². The molecule has 6 nitrogen and oxygen atoms in total. The minimum atomic E-state index is -0.253. The van der Waals surface area contributed by atoms with Crippen molar-refractivity contribution in [2.45, 2.75) is 13.8 Å². The lowest BCUT2D eigenvalue weighted by Gasteiger charge is -2.03. The summed E-state index contributed by atoms with van der Waals surface area (Å²) in [6, 6.07) is 5.31. The number of benzene rings is 1. The van der Waals surface area contributed by atoms with Crippen LogP contribution in [0.3, 0.4) is 0 Å². The normalized spacial score (nSPS) is 10.8. The summed E-state index contributed by atoms with van der Waals surface area (Å²) in [5.74, 6) is 2.34. The molecule has 0 saturated carbocycles. The summed E-state index contributed by atoms with van der Waals surface area (Å²) in [4.78, 5) is 16.8. The molecular weight excluding hydrogens is 316 g/mol. The summed E-state index contributed by atoms with van der Waals surface area (Å²) in [5.41, 5.74) is 1.16.